The van der Waals surface area contributed by atoms with E-state index in [0.29, 0.717) is 12.5 Å². The van der Waals surface area contributed by atoms with E-state index < -0.39 is 0 Å². The number of nitrogens with zero attached hydrogens (tertiary/aromatic N) is 1. The lowest BCUT2D eigenvalue weighted by atomic mass is 10.1. The lowest BCUT2D eigenvalue weighted by molar-refractivity contribution is 0.250. The van der Waals surface area contributed by atoms with Crippen molar-refractivity contribution in [1.29, 1.82) is 0 Å². The Morgan fingerprint density at radius 2 is 1.62 bits per heavy atom. The molecule has 138 valence electrons. The van der Waals surface area contributed by atoms with Gasteiger partial charge in [-0.25, -0.2) is 9.79 Å². The molecule has 5 N–H and O–H groups in total. The van der Waals surface area contributed by atoms with E-state index in [-0.39, 0.29) is 12.1 Å². The normalized spacial score (nSPS) is 11.3. The fourth-order valence-electron chi connectivity index (χ4n) is 2.53. The summed E-state index contributed by atoms with van der Waals surface area (Å²) < 4.78 is 0. The van der Waals surface area contributed by atoms with Crippen LogP contribution in [0.2, 0.25) is 0 Å². The summed E-state index contributed by atoms with van der Waals surface area (Å²) in [6.07, 6.45) is 0. The van der Waals surface area contributed by atoms with Crippen LogP contribution in [0.4, 0.5) is 16.2 Å². The number of benzene rings is 2. The molecule has 0 aliphatic rings. The van der Waals surface area contributed by atoms with Gasteiger partial charge in [-0.15, -0.1) is 0 Å². The highest BCUT2D eigenvalue weighted by molar-refractivity contribution is 5.92. The van der Waals surface area contributed by atoms with Crippen molar-refractivity contribution in [3.63, 3.8) is 0 Å². The highest BCUT2D eigenvalue weighted by Crippen LogP contribution is 2.14. The van der Waals surface area contributed by atoms with E-state index in [1.54, 1.807) is 0 Å². The summed E-state index contributed by atoms with van der Waals surface area (Å²) >= 11 is 0. The smallest absolute Gasteiger partial charge is 0.319 e. The fraction of sp³-hybridized carbons (Fsp3) is 0.300. The zero-order valence-corrected chi connectivity index (χ0v) is 15.8. The summed E-state index contributed by atoms with van der Waals surface area (Å²) in [7, 11) is 0. The lowest BCUT2D eigenvalue weighted by Crippen LogP contribution is -2.34. The van der Waals surface area contributed by atoms with Crippen molar-refractivity contribution < 1.29 is 4.79 Å². The molecular formula is C20H27N5O. The number of carbonyl (C=O) groups excluding carboxylic acids is 1. The topological polar surface area (TPSA) is 91.5 Å². The van der Waals surface area contributed by atoms with Crippen LogP contribution in [0.25, 0.3) is 0 Å². The average Bonchev–Trinajstić information content (AvgIpc) is 2.52. The van der Waals surface area contributed by atoms with Gasteiger partial charge < -0.3 is 21.7 Å². The molecule has 0 aliphatic carbocycles. The number of hydrogen-bond donors (Lipinski definition) is 4. The molecule has 2 aromatic carbocycles. The number of aryl methyl sites for hydroxylation is 2. The summed E-state index contributed by atoms with van der Waals surface area (Å²) in [6.45, 7) is 8.38. The van der Waals surface area contributed by atoms with Gasteiger partial charge in [0.2, 0.25) is 0 Å². The van der Waals surface area contributed by atoms with Crippen molar-refractivity contribution in [1.82, 2.24) is 5.32 Å². The van der Waals surface area contributed by atoms with Crippen molar-refractivity contribution in [2.24, 2.45) is 10.7 Å². The van der Waals surface area contributed by atoms with Gasteiger partial charge in [-0.1, -0.05) is 18.2 Å². The number of hydrogen-bond acceptors (Lipinski definition) is 2. The number of anilines is 2. The van der Waals surface area contributed by atoms with Gasteiger partial charge in [-0.3, -0.25) is 0 Å². The Hall–Kier alpha value is -3.02. The number of amides is 2. The average molecular weight is 353 g/mol. The summed E-state index contributed by atoms with van der Waals surface area (Å²) in [5.41, 5.74) is 11.0. The van der Waals surface area contributed by atoms with Gasteiger partial charge in [0.1, 0.15) is 0 Å². The molecule has 26 heavy (non-hydrogen) atoms. The third-order valence-electron chi connectivity index (χ3n) is 3.56. The van der Waals surface area contributed by atoms with E-state index >= 15 is 0 Å². The first-order valence-electron chi connectivity index (χ1n) is 8.63. The standard InChI is InChI=1S/C20H27N5O/c1-13(2)23-20(26)25-17-7-5-16(6-8-17)12-22-19(21)24-18-10-14(3)9-15(4)11-18/h5-11,13H,12H2,1-4H3,(H3,21,22,24)(H2,23,25,26). The summed E-state index contributed by atoms with van der Waals surface area (Å²) in [5, 5.41) is 8.68. The molecule has 0 fully saturated rings. The maximum Gasteiger partial charge on any atom is 0.319 e. The maximum absolute atomic E-state index is 11.7. The number of aliphatic imine (C=N–C) groups is 1. The molecule has 0 spiro atoms. The van der Waals surface area contributed by atoms with Crippen LogP contribution in [0.1, 0.15) is 30.5 Å². The Labute approximate surface area is 154 Å². The molecule has 6 heteroatoms. The van der Waals surface area contributed by atoms with Crippen molar-refractivity contribution in [3.05, 3.63) is 59.2 Å². The van der Waals surface area contributed by atoms with Gasteiger partial charge in [0.05, 0.1) is 6.54 Å². The van der Waals surface area contributed by atoms with Gasteiger partial charge >= 0.3 is 6.03 Å². The molecule has 2 aromatic rings. The van der Waals surface area contributed by atoms with Crippen molar-refractivity contribution in [3.8, 4) is 0 Å². The number of guanidine groups is 1. The van der Waals surface area contributed by atoms with E-state index in [2.05, 4.69) is 27.0 Å². The molecular weight excluding hydrogens is 326 g/mol. The van der Waals surface area contributed by atoms with Crippen molar-refractivity contribution >= 4 is 23.4 Å². The maximum atomic E-state index is 11.7. The predicted octanol–water partition coefficient (Wildman–Crippen LogP) is 3.76. The number of urea groups is 1. The largest absolute Gasteiger partial charge is 0.370 e. The first-order valence-corrected chi connectivity index (χ1v) is 8.63. The monoisotopic (exact) mass is 353 g/mol. The number of nitrogens with two attached hydrogens (primary N) is 1. The van der Waals surface area contributed by atoms with Crippen LogP contribution in [0.15, 0.2) is 47.5 Å². The molecule has 2 amide bonds. The SMILES string of the molecule is Cc1cc(C)cc(NC(N)=NCc2ccc(NC(=O)NC(C)C)cc2)c1. The molecule has 0 aromatic heterocycles. The zero-order valence-electron chi connectivity index (χ0n) is 15.8. The van der Waals surface area contributed by atoms with Gasteiger partial charge in [-0.2, -0.15) is 0 Å². The van der Waals surface area contributed by atoms with Crippen LogP contribution in [0.3, 0.4) is 0 Å². The van der Waals surface area contributed by atoms with Crippen LogP contribution >= 0.6 is 0 Å². The minimum Gasteiger partial charge on any atom is -0.370 e. The molecule has 6 nitrogen and oxygen atoms in total. The zero-order chi connectivity index (χ0) is 19.1. The fourth-order valence-corrected chi connectivity index (χ4v) is 2.53. The number of carbonyl (C=O) groups is 1. The number of nitrogens with one attached hydrogen (secondary N) is 3. The highest BCUT2D eigenvalue weighted by atomic mass is 16.2. The molecule has 0 heterocycles. The molecule has 0 radical (unpaired) electrons. The molecule has 0 saturated carbocycles. The molecule has 0 bridgehead atoms. The second-order valence-electron chi connectivity index (χ2n) is 6.65. The third kappa shape index (κ3) is 6.47. The van der Waals surface area contributed by atoms with Gasteiger partial charge in [0, 0.05) is 17.4 Å². The second-order valence-corrected chi connectivity index (χ2v) is 6.65. The summed E-state index contributed by atoms with van der Waals surface area (Å²) in [4.78, 5) is 16.0. The Bertz CT molecular complexity index is 761. The predicted molar refractivity (Wildman–Crippen MR) is 109 cm³/mol. The van der Waals surface area contributed by atoms with Gasteiger partial charge in [-0.05, 0) is 68.7 Å². The molecule has 0 aliphatic heterocycles. The van der Waals surface area contributed by atoms with Crippen molar-refractivity contribution in [2.75, 3.05) is 10.6 Å². The van der Waals surface area contributed by atoms with E-state index in [1.165, 1.54) is 11.1 Å². The van der Waals surface area contributed by atoms with E-state index in [9.17, 15) is 4.79 Å². The molecule has 2 rings (SSSR count). The first-order chi connectivity index (χ1) is 12.3. The number of rotatable bonds is 5. The Morgan fingerprint density at radius 3 is 2.19 bits per heavy atom. The van der Waals surface area contributed by atoms with Crippen LogP contribution in [0, 0.1) is 13.8 Å². The van der Waals surface area contributed by atoms with Gasteiger partial charge in [0.25, 0.3) is 0 Å². The molecule has 0 unspecified atom stereocenters. The second kappa shape index (κ2) is 8.89. The quantitative estimate of drug-likeness (QED) is 0.487. The summed E-state index contributed by atoms with van der Waals surface area (Å²) in [5.74, 6) is 0.369. The van der Waals surface area contributed by atoms with E-state index in [1.807, 2.05) is 64.1 Å². The first kappa shape index (κ1) is 19.3. The minimum atomic E-state index is -0.215. The van der Waals surface area contributed by atoms with E-state index in [4.69, 9.17) is 5.73 Å². The third-order valence-corrected chi connectivity index (χ3v) is 3.56. The Morgan fingerprint density at radius 1 is 1.00 bits per heavy atom. The Kier molecular flexibility index (Phi) is 6.60. The lowest BCUT2D eigenvalue weighted by Gasteiger charge is -2.10. The van der Waals surface area contributed by atoms with Crippen molar-refractivity contribution in [2.45, 2.75) is 40.3 Å². The van der Waals surface area contributed by atoms with Crippen LogP contribution in [0.5, 0.6) is 0 Å². The highest BCUT2D eigenvalue weighted by Gasteiger charge is 2.03. The van der Waals surface area contributed by atoms with Crippen LogP contribution in [-0.4, -0.2) is 18.0 Å². The molecule has 0 saturated heterocycles. The van der Waals surface area contributed by atoms with E-state index in [0.717, 1.165) is 16.9 Å². The summed E-state index contributed by atoms with van der Waals surface area (Å²) in [6, 6.07) is 13.6. The van der Waals surface area contributed by atoms with Gasteiger partial charge in [0.15, 0.2) is 5.96 Å². The minimum absolute atomic E-state index is 0.0938. The Balaban J connectivity index is 1.91. The molecule has 0 atom stereocenters. The van der Waals surface area contributed by atoms with Crippen LogP contribution < -0.4 is 21.7 Å². The van der Waals surface area contributed by atoms with Crippen LogP contribution in [-0.2, 0) is 6.54 Å².